The molecule has 0 saturated carbocycles. The topological polar surface area (TPSA) is 61.4 Å². The van der Waals surface area contributed by atoms with Crippen molar-refractivity contribution >= 4 is 11.8 Å². The summed E-state index contributed by atoms with van der Waals surface area (Å²) in [4.78, 5) is 26.4. The largest absolute Gasteiger partial charge is 0.359 e. The van der Waals surface area contributed by atoms with E-state index >= 15 is 0 Å². The minimum absolute atomic E-state index is 0.00261. The van der Waals surface area contributed by atoms with Crippen LogP contribution in [0.15, 0.2) is 18.2 Å². The van der Waals surface area contributed by atoms with E-state index < -0.39 is 0 Å². The van der Waals surface area contributed by atoms with E-state index in [0.29, 0.717) is 19.5 Å². The second-order valence-corrected chi connectivity index (χ2v) is 6.75. The molecule has 2 aliphatic rings. The highest BCUT2D eigenvalue weighted by Gasteiger charge is 2.36. The highest BCUT2D eigenvalue weighted by Crippen LogP contribution is 2.23. The molecule has 0 radical (unpaired) electrons. The van der Waals surface area contributed by atoms with Crippen molar-refractivity contribution in [2.75, 3.05) is 27.2 Å². The molecule has 2 amide bonds. The minimum Gasteiger partial charge on any atom is -0.359 e. The van der Waals surface area contributed by atoms with Crippen molar-refractivity contribution in [2.24, 2.45) is 5.92 Å². The number of hydrogen-bond acceptors (Lipinski definition) is 3. The molecule has 1 fully saturated rings. The predicted molar refractivity (Wildman–Crippen MR) is 89.2 cm³/mol. The summed E-state index contributed by atoms with van der Waals surface area (Å²) in [5.41, 5.74) is 3.87. The Hall–Kier alpha value is -1.88. The zero-order valence-electron chi connectivity index (χ0n) is 13.9. The van der Waals surface area contributed by atoms with Crippen LogP contribution in [0.4, 0.5) is 0 Å². The van der Waals surface area contributed by atoms with E-state index in [9.17, 15) is 9.59 Å². The molecule has 23 heavy (non-hydrogen) atoms. The SMILES string of the molecule is CNC(=O)[C@@H]1CN(C)C[C@@H]1NC(=O)Cc1ccc2c(c1)CCC2. The second-order valence-electron chi connectivity index (χ2n) is 6.75. The summed E-state index contributed by atoms with van der Waals surface area (Å²) >= 11 is 0. The van der Waals surface area contributed by atoms with Crippen molar-refractivity contribution in [3.63, 3.8) is 0 Å². The third-order valence-corrected chi connectivity index (χ3v) is 4.96. The molecule has 0 unspecified atom stereocenters. The van der Waals surface area contributed by atoms with E-state index in [4.69, 9.17) is 0 Å². The molecule has 124 valence electrons. The molecule has 1 aromatic rings. The van der Waals surface area contributed by atoms with E-state index in [1.165, 1.54) is 17.5 Å². The molecule has 5 heteroatoms. The molecule has 1 aliphatic carbocycles. The summed E-state index contributed by atoms with van der Waals surface area (Å²) in [6.45, 7) is 1.40. The molecule has 1 aliphatic heterocycles. The molecular weight excluding hydrogens is 290 g/mol. The van der Waals surface area contributed by atoms with Crippen molar-refractivity contribution < 1.29 is 9.59 Å². The number of nitrogens with one attached hydrogen (secondary N) is 2. The second kappa shape index (κ2) is 6.71. The number of benzene rings is 1. The number of amides is 2. The lowest BCUT2D eigenvalue weighted by atomic mass is 10.0. The van der Waals surface area contributed by atoms with Crippen molar-refractivity contribution in [3.8, 4) is 0 Å². The van der Waals surface area contributed by atoms with Crippen LogP contribution in [0.25, 0.3) is 0 Å². The van der Waals surface area contributed by atoms with Gasteiger partial charge in [0.15, 0.2) is 0 Å². The van der Waals surface area contributed by atoms with Crippen molar-refractivity contribution in [1.29, 1.82) is 0 Å². The molecule has 0 aromatic heterocycles. The van der Waals surface area contributed by atoms with Crippen molar-refractivity contribution in [2.45, 2.75) is 31.7 Å². The average molecular weight is 315 g/mol. The van der Waals surface area contributed by atoms with Crippen LogP contribution < -0.4 is 10.6 Å². The Kier molecular flexibility index (Phi) is 4.66. The number of aryl methyl sites for hydroxylation is 2. The first-order chi connectivity index (χ1) is 11.1. The lowest BCUT2D eigenvalue weighted by molar-refractivity contribution is -0.125. The van der Waals surface area contributed by atoms with Crippen LogP contribution in [0.2, 0.25) is 0 Å². The van der Waals surface area contributed by atoms with E-state index in [0.717, 1.165) is 18.4 Å². The van der Waals surface area contributed by atoms with E-state index in [2.05, 4.69) is 33.7 Å². The Balaban J connectivity index is 1.61. The summed E-state index contributed by atoms with van der Waals surface area (Å²) in [6.07, 6.45) is 3.88. The number of fused-ring (bicyclic) bond motifs is 1. The minimum atomic E-state index is -0.172. The summed E-state index contributed by atoms with van der Waals surface area (Å²) in [5.74, 6) is -0.177. The van der Waals surface area contributed by atoms with Crippen LogP contribution in [0.5, 0.6) is 0 Å². The Morgan fingerprint density at radius 3 is 2.78 bits per heavy atom. The first-order valence-corrected chi connectivity index (χ1v) is 8.37. The first-order valence-electron chi connectivity index (χ1n) is 8.37. The summed E-state index contributed by atoms with van der Waals surface area (Å²) in [6, 6.07) is 6.27. The number of likely N-dealkylation sites (N-methyl/N-ethyl adjacent to an activating group) is 1. The molecule has 1 saturated heterocycles. The third-order valence-electron chi connectivity index (χ3n) is 4.96. The Morgan fingerprint density at radius 2 is 2.00 bits per heavy atom. The standard InChI is InChI=1S/C18H25N3O2/c1-19-18(23)15-10-21(2)11-16(15)20-17(22)9-12-6-7-13-4-3-5-14(13)8-12/h6-8,15-16H,3-5,9-11H2,1-2H3,(H,19,23)(H,20,22)/t15-,16+/m1/s1. The maximum Gasteiger partial charge on any atom is 0.226 e. The average Bonchev–Trinajstić information content (AvgIpc) is 3.12. The van der Waals surface area contributed by atoms with Crippen molar-refractivity contribution in [3.05, 3.63) is 34.9 Å². The lowest BCUT2D eigenvalue weighted by Crippen LogP contribution is -2.46. The number of carbonyl (C=O) groups is 2. The van der Waals surface area contributed by atoms with E-state index in [-0.39, 0.29) is 23.8 Å². The number of nitrogens with zero attached hydrogens (tertiary/aromatic N) is 1. The van der Waals surface area contributed by atoms with E-state index in [1.807, 2.05) is 7.05 Å². The van der Waals surface area contributed by atoms with Gasteiger partial charge in [-0.25, -0.2) is 0 Å². The first kappa shape index (κ1) is 16.0. The van der Waals surface area contributed by atoms with E-state index in [1.54, 1.807) is 7.05 Å². The Morgan fingerprint density at radius 1 is 1.22 bits per heavy atom. The summed E-state index contributed by atoms with van der Waals surface area (Å²) in [7, 11) is 3.62. The zero-order valence-corrected chi connectivity index (χ0v) is 13.9. The zero-order chi connectivity index (χ0) is 16.4. The van der Waals surface area contributed by atoms with Gasteiger partial charge in [0.2, 0.25) is 11.8 Å². The van der Waals surface area contributed by atoms with Crippen LogP contribution in [-0.4, -0.2) is 49.9 Å². The molecule has 3 rings (SSSR count). The van der Waals surface area contributed by atoms with Gasteiger partial charge in [-0.15, -0.1) is 0 Å². The predicted octanol–water partition coefficient (Wildman–Crippen LogP) is 0.510. The Labute approximate surface area is 137 Å². The smallest absolute Gasteiger partial charge is 0.226 e. The number of rotatable bonds is 4. The number of carbonyl (C=O) groups excluding carboxylic acids is 2. The third kappa shape index (κ3) is 3.55. The van der Waals surface area contributed by atoms with Crippen LogP contribution in [-0.2, 0) is 28.9 Å². The highest BCUT2D eigenvalue weighted by atomic mass is 16.2. The van der Waals surface area contributed by atoms with Crippen molar-refractivity contribution in [1.82, 2.24) is 15.5 Å². The fourth-order valence-electron chi connectivity index (χ4n) is 3.78. The van der Waals surface area contributed by atoms with Gasteiger partial charge in [-0.05, 0) is 43.0 Å². The van der Waals surface area contributed by atoms with Gasteiger partial charge in [0.05, 0.1) is 18.4 Å². The molecule has 5 nitrogen and oxygen atoms in total. The number of hydrogen-bond donors (Lipinski definition) is 2. The molecule has 2 N–H and O–H groups in total. The van der Waals surface area contributed by atoms with Gasteiger partial charge in [-0.1, -0.05) is 18.2 Å². The molecule has 1 aromatic carbocycles. The van der Waals surface area contributed by atoms with Gasteiger partial charge in [0.1, 0.15) is 0 Å². The van der Waals surface area contributed by atoms with Gasteiger partial charge < -0.3 is 15.5 Å². The van der Waals surface area contributed by atoms with Crippen LogP contribution in [0.1, 0.15) is 23.1 Å². The summed E-state index contributed by atoms with van der Waals surface area (Å²) in [5, 5.41) is 5.74. The van der Waals surface area contributed by atoms with Crippen LogP contribution >= 0.6 is 0 Å². The summed E-state index contributed by atoms with van der Waals surface area (Å²) < 4.78 is 0. The van der Waals surface area contributed by atoms with Crippen LogP contribution in [0, 0.1) is 5.92 Å². The fraction of sp³-hybridized carbons (Fsp3) is 0.556. The Bertz CT molecular complexity index is 614. The fourth-order valence-corrected chi connectivity index (χ4v) is 3.78. The van der Waals surface area contributed by atoms with Gasteiger partial charge in [0, 0.05) is 20.1 Å². The molecule has 0 spiro atoms. The van der Waals surface area contributed by atoms with Gasteiger partial charge >= 0.3 is 0 Å². The number of likely N-dealkylation sites (tertiary alicyclic amines) is 1. The lowest BCUT2D eigenvalue weighted by Gasteiger charge is -2.18. The highest BCUT2D eigenvalue weighted by molar-refractivity contribution is 5.83. The molecule has 2 atom stereocenters. The van der Waals surface area contributed by atoms with Gasteiger partial charge in [-0.2, -0.15) is 0 Å². The maximum absolute atomic E-state index is 12.4. The monoisotopic (exact) mass is 315 g/mol. The van der Waals surface area contributed by atoms with Crippen LogP contribution in [0.3, 0.4) is 0 Å². The normalized spacial score (nSPS) is 23.6. The molecular formula is C18H25N3O2. The maximum atomic E-state index is 12.4. The quantitative estimate of drug-likeness (QED) is 0.851. The van der Waals surface area contributed by atoms with Gasteiger partial charge in [-0.3, -0.25) is 9.59 Å². The molecule has 0 bridgehead atoms. The van der Waals surface area contributed by atoms with Gasteiger partial charge in [0.25, 0.3) is 0 Å². The molecule has 1 heterocycles.